The van der Waals surface area contributed by atoms with Gasteiger partial charge in [-0.15, -0.1) is 10.2 Å². The van der Waals surface area contributed by atoms with Crippen LogP contribution in [-0.2, 0) is 4.79 Å². The number of hydrogen-bond donors (Lipinski definition) is 3. The van der Waals surface area contributed by atoms with Crippen molar-refractivity contribution in [2.75, 3.05) is 5.32 Å². The van der Waals surface area contributed by atoms with Gasteiger partial charge < -0.3 is 10.4 Å². The number of anilines is 1. The van der Waals surface area contributed by atoms with Crippen molar-refractivity contribution in [2.45, 2.75) is 62.1 Å². The highest BCUT2D eigenvalue weighted by Gasteiger charge is 2.21. The predicted octanol–water partition coefficient (Wildman–Crippen LogP) is 3.19. The van der Waals surface area contributed by atoms with E-state index in [2.05, 4.69) is 20.8 Å². The highest BCUT2D eigenvalue weighted by atomic mass is 32.2. The second-order valence-electron chi connectivity index (χ2n) is 5.79. The Morgan fingerprint density at radius 3 is 2.59 bits per heavy atom. The van der Waals surface area contributed by atoms with Crippen molar-refractivity contribution in [3.8, 4) is 0 Å². The van der Waals surface area contributed by atoms with Gasteiger partial charge in [0.2, 0.25) is 5.13 Å². The third-order valence-corrected chi connectivity index (χ3v) is 4.63. The Bertz CT molecular complexity index is 514. The first-order valence-corrected chi connectivity index (χ1v) is 8.73. The molecule has 0 radical (unpaired) electrons. The van der Waals surface area contributed by atoms with Gasteiger partial charge in [-0.3, -0.25) is 10.1 Å². The van der Waals surface area contributed by atoms with E-state index < -0.39 is 11.2 Å². The molecular weight excluding hydrogens is 324 g/mol. The van der Waals surface area contributed by atoms with Crippen molar-refractivity contribution in [3.63, 3.8) is 0 Å². The first kappa shape index (κ1) is 18.7. The summed E-state index contributed by atoms with van der Waals surface area (Å²) >= 11 is 2.34. The van der Waals surface area contributed by atoms with Crippen molar-refractivity contribution < 1.29 is 14.7 Å². The van der Waals surface area contributed by atoms with Crippen LogP contribution in [-0.4, -0.2) is 38.1 Å². The quantitative estimate of drug-likeness (QED) is 0.517. The zero-order chi connectivity index (χ0) is 16.8. The topological polar surface area (TPSA) is 104 Å². The maximum absolute atomic E-state index is 11.7. The molecule has 0 aliphatic carbocycles. The number of aliphatic carboxylic acids is 1. The summed E-state index contributed by atoms with van der Waals surface area (Å²) < 4.78 is 0.537. The molecule has 22 heavy (non-hydrogen) atoms. The van der Waals surface area contributed by atoms with Gasteiger partial charge in [0.25, 0.3) is 0 Å². The molecule has 0 unspecified atom stereocenters. The Balaban J connectivity index is 2.59. The van der Waals surface area contributed by atoms with E-state index >= 15 is 0 Å². The summed E-state index contributed by atoms with van der Waals surface area (Å²) in [6.45, 7) is 7.64. The van der Waals surface area contributed by atoms with Crippen LogP contribution >= 0.6 is 23.1 Å². The average molecular weight is 346 g/mol. The minimum Gasteiger partial charge on any atom is -0.480 e. The van der Waals surface area contributed by atoms with Gasteiger partial charge in [-0.25, -0.2) is 4.79 Å². The smallest absolute Gasteiger partial charge is 0.321 e. The summed E-state index contributed by atoms with van der Waals surface area (Å²) in [4.78, 5) is 22.9. The zero-order valence-electron chi connectivity index (χ0n) is 13.2. The number of urea groups is 1. The molecule has 0 spiro atoms. The first-order valence-electron chi connectivity index (χ1n) is 7.03. The largest absolute Gasteiger partial charge is 0.480 e. The fourth-order valence-corrected chi connectivity index (χ4v) is 3.49. The molecule has 0 saturated carbocycles. The summed E-state index contributed by atoms with van der Waals surface area (Å²) in [7, 11) is 0. The molecule has 0 saturated heterocycles. The fourth-order valence-electron chi connectivity index (χ4n) is 1.52. The Morgan fingerprint density at radius 2 is 2.05 bits per heavy atom. The number of unbranched alkanes of at least 4 members (excludes halogenated alkanes) is 1. The maximum atomic E-state index is 11.7. The van der Waals surface area contributed by atoms with Crippen LogP contribution in [0.15, 0.2) is 4.34 Å². The SMILES string of the molecule is CCCC[C@H](Sc1nnc(NC(=O)NC(C)(C)C)s1)C(=O)O. The van der Waals surface area contributed by atoms with Gasteiger partial charge in [0, 0.05) is 5.54 Å². The standard InChI is InChI=1S/C13H22N4O3S2/c1-5-6-7-8(9(18)19)21-12-17-16-11(22-12)14-10(20)15-13(2,3)4/h8H,5-7H2,1-4H3,(H,18,19)(H2,14,15,16,20)/t8-/m0/s1. The van der Waals surface area contributed by atoms with Crippen LogP contribution in [0.3, 0.4) is 0 Å². The van der Waals surface area contributed by atoms with Crippen molar-refractivity contribution in [1.82, 2.24) is 15.5 Å². The monoisotopic (exact) mass is 346 g/mol. The molecule has 1 atom stereocenters. The Labute approximate surface area is 138 Å². The highest BCUT2D eigenvalue weighted by Crippen LogP contribution is 2.31. The number of amides is 2. The third-order valence-electron chi connectivity index (χ3n) is 2.45. The molecule has 1 rings (SSSR count). The second-order valence-corrected chi connectivity index (χ2v) is 8.22. The normalized spacial score (nSPS) is 12.7. The molecule has 9 heteroatoms. The number of nitrogens with one attached hydrogen (secondary N) is 2. The number of carboxylic acids is 1. The van der Waals surface area contributed by atoms with Gasteiger partial charge in [-0.05, 0) is 27.2 Å². The van der Waals surface area contributed by atoms with E-state index in [4.69, 9.17) is 0 Å². The number of aromatic nitrogens is 2. The molecule has 124 valence electrons. The van der Waals surface area contributed by atoms with Crippen LogP contribution in [0.5, 0.6) is 0 Å². The van der Waals surface area contributed by atoms with Gasteiger partial charge >= 0.3 is 12.0 Å². The number of carbonyl (C=O) groups is 2. The summed E-state index contributed by atoms with van der Waals surface area (Å²) in [6, 6.07) is -0.360. The van der Waals surface area contributed by atoms with Crippen molar-refractivity contribution in [3.05, 3.63) is 0 Å². The lowest BCUT2D eigenvalue weighted by Crippen LogP contribution is -2.43. The van der Waals surface area contributed by atoms with Crippen LogP contribution in [0.25, 0.3) is 0 Å². The number of carbonyl (C=O) groups excluding carboxylic acids is 1. The fraction of sp³-hybridized carbons (Fsp3) is 0.692. The number of thioether (sulfide) groups is 1. The predicted molar refractivity (Wildman–Crippen MR) is 88.6 cm³/mol. The van der Waals surface area contributed by atoms with E-state index in [1.54, 1.807) is 0 Å². The number of nitrogens with zero attached hydrogens (tertiary/aromatic N) is 2. The molecule has 1 heterocycles. The highest BCUT2D eigenvalue weighted by molar-refractivity contribution is 8.02. The number of hydrogen-bond acceptors (Lipinski definition) is 6. The summed E-state index contributed by atoms with van der Waals surface area (Å²) in [6.07, 6.45) is 2.38. The molecule has 0 aliphatic heterocycles. The van der Waals surface area contributed by atoms with Crippen molar-refractivity contribution in [1.29, 1.82) is 0 Å². The Hall–Kier alpha value is -1.35. The molecular formula is C13H22N4O3S2. The van der Waals surface area contributed by atoms with Crippen LogP contribution in [0.2, 0.25) is 0 Å². The summed E-state index contributed by atoms with van der Waals surface area (Å²) in [5.74, 6) is -0.853. The molecule has 3 N–H and O–H groups in total. The van der Waals surface area contributed by atoms with Gasteiger partial charge in [0.1, 0.15) is 5.25 Å². The van der Waals surface area contributed by atoms with E-state index in [-0.39, 0.29) is 11.6 Å². The molecule has 0 bridgehead atoms. The van der Waals surface area contributed by atoms with E-state index in [1.807, 2.05) is 27.7 Å². The van der Waals surface area contributed by atoms with Gasteiger partial charge in [-0.2, -0.15) is 0 Å². The van der Waals surface area contributed by atoms with E-state index in [0.717, 1.165) is 12.8 Å². The molecule has 1 aromatic rings. The molecule has 1 aromatic heterocycles. The van der Waals surface area contributed by atoms with E-state index in [0.29, 0.717) is 15.9 Å². The summed E-state index contributed by atoms with van der Waals surface area (Å²) in [5.41, 5.74) is -0.346. The van der Waals surface area contributed by atoms with Gasteiger partial charge in [0.05, 0.1) is 0 Å². The molecule has 7 nitrogen and oxygen atoms in total. The molecule has 0 aromatic carbocycles. The number of carboxylic acid groups (broad SMARTS) is 1. The maximum Gasteiger partial charge on any atom is 0.321 e. The van der Waals surface area contributed by atoms with E-state index in [1.165, 1.54) is 23.1 Å². The van der Waals surface area contributed by atoms with Crippen LogP contribution in [0.1, 0.15) is 47.0 Å². The third kappa shape index (κ3) is 7.08. The average Bonchev–Trinajstić information content (AvgIpc) is 2.78. The zero-order valence-corrected chi connectivity index (χ0v) is 14.8. The second kappa shape index (κ2) is 8.33. The minimum atomic E-state index is -0.853. The molecule has 0 aliphatic rings. The van der Waals surface area contributed by atoms with Gasteiger partial charge in [0.15, 0.2) is 4.34 Å². The van der Waals surface area contributed by atoms with Crippen LogP contribution < -0.4 is 10.6 Å². The van der Waals surface area contributed by atoms with Crippen molar-refractivity contribution >= 4 is 40.2 Å². The van der Waals surface area contributed by atoms with Gasteiger partial charge in [-0.1, -0.05) is 42.9 Å². The lowest BCUT2D eigenvalue weighted by molar-refractivity contribution is -0.136. The molecule has 0 fully saturated rings. The lowest BCUT2D eigenvalue weighted by Gasteiger charge is -2.19. The lowest BCUT2D eigenvalue weighted by atomic mass is 10.1. The van der Waals surface area contributed by atoms with Crippen LogP contribution in [0.4, 0.5) is 9.93 Å². The van der Waals surface area contributed by atoms with Crippen LogP contribution in [0, 0.1) is 0 Å². The number of rotatable bonds is 7. The first-order chi connectivity index (χ1) is 10.2. The Kier molecular flexibility index (Phi) is 7.08. The van der Waals surface area contributed by atoms with E-state index in [9.17, 15) is 14.7 Å². The summed E-state index contributed by atoms with van der Waals surface area (Å²) in [5, 5.41) is 22.1. The minimum absolute atomic E-state index is 0.346. The van der Waals surface area contributed by atoms with Crippen molar-refractivity contribution in [2.24, 2.45) is 0 Å². The molecule has 2 amide bonds. The Morgan fingerprint density at radius 1 is 1.36 bits per heavy atom.